The second kappa shape index (κ2) is 5.36. The first-order valence-corrected chi connectivity index (χ1v) is 9.74. The normalized spacial score (nSPS) is 31.2. The molecule has 4 nitrogen and oxygen atoms in total. The first kappa shape index (κ1) is 15.9. The summed E-state index contributed by atoms with van der Waals surface area (Å²) in [6, 6.07) is 19.5. The van der Waals surface area contributed by atoms with Gasteiger partial charge in [-0.3, -0.25) is 4.79 Å². The topological polar surface area (TPSA) is 46.6 Å². The Bertz CT molecular complexity index is 847. The summed E-state index contributed by atoms with van der Waals surface area (Å²) in [5.74, 6) is -0.211. The Labute approximate surface area is 156 Å². The fourth-order valence-electron chi connectivity index (χ4n) is 4.34. The van der Waals surface area contributed by atoms with E-state index in [0.29, 0.717) is 12.8 Å². The van der Waals surface area contributed by atoms with Crippen LogP contribution in [0.25, 0.3) is 0 Å². The third-order valence-corrected chi connectivity index (χ3v) is 7.48. The van der Waals surface area contributed by atoms with Crippen molar-refractivity contribution in [3.63, 3.8) is 0 Å². The van der Waals surface area contributed by atoms with Crippen LogP contribution in [0.3, 0.4) is 0 Å². The molecule has 2 aromatic rings. The number of carbonyl (C=O) groups is 2. The van der Waals surface area contributed by atoms with Crippen molar-refractivity contribution in [1.29, 1.82) is 0 Å². The van der Waals surface area contributed by atoms with Crippen molar-refractivity contribution >= 4 is 23.6 Å². The first-order chi connectivity index (χ1) is 12.6. The van der Waals surface area contributed by atoms with Gasteiger partial charge in [0.1, 0.15) is 0 Å². The number of thioether (sulfide) groups is 1. The maximum Gasteiger partial charge on any atom is 0.334 e. The summed E-state index contributed by atoms with van der Waals surface area (Å²) < 4.78 is 5.86. The van der Waals surface area contributed by atoms with Crippen LogP contribution >= 0.6 is 11.8 Å². The van der Waals surface area contributed by atoms with Gasteiger partial charge in [-0.2, -0.15) is 0 Å². The van der Waals surface area contributed by atoms with E-state index in [9.17, 15) is 9.59 Å². The van der Waals surface area contributed by atoms with E-state index in [4.69, 9.17) is 4.74 Å². The smallest absolute Gasteiger partial charge is 0.334 e. The molecule has 2 saturated heterocycles. The lowest BCUT2D eigenvalue weighted by molar-refractivity contribution is -0.166. The van der Waals surface area contributed by atoms with Gasteiger partial charge in [0.15, 0.2) is 11.6 Å². The van der Waals surface area contributed by atoms with Gasteiger partial charge in [-0.1, -0.05) is 60.7 Å². The number of amides is 1. The lowest BCUT2D eigenvalue weighted by Crippen LogP contribution is -2.58. The predicted octanol–water partition coefficient (Wildman–Crippen LogP) is 3.53. The zero-order chi connectivity index (χ0) is 17.9. The molecule has 2 aromatic carbocycles. The third-order valence-electron chi connectivity index (χ3n) is 5.82. The molecule has 1 amide bonds. The molecule has 26 heavy (non-hydrogen) atoms. The second-order valence-electron chi connectivity index (χ2n) is 7.41. The van der Waals surface area contributed by atoms with Gasteiger partial charge in [0.05, 0.1) is 16.5 Å². The Morgan fingerprint density at radius 1 is 1.12 bits per heavy atom. The van der Waals surface area contributed by atoms with Crippen LogP contribution in [0.15, 0.2) is 60.7 Å². The Morgan fingerprint density at radius 2 is 1.69 bits per heavy atom. The van der Waals surface area contributed by atoms with Crippen LogP contribution in [0.5, 0.6) is 0 Å². The van der Waals surface area contributed by atoms with Crippen LogP contribution < -0.4 is 0 Å². The van der Waals surface area contributed by atoms with Gasteiger partial charge in [-0.05, 0) is 18.1 Å². The van der Waals surface area contributed by atoms with Crippen molar-refractivity contribution in [3.05, 3.63) is 71.8 Å². The van der Waals surface area contributed by atoms with Crippen LogP contribution in [0, 0.1) is 0 Å². The molecule has 5 rings (SSSR count). The van der Waals surface area contributed by atoms with Crippen LogP contribution in [0.1, 0.15) is 37.0 Å². The van der Waals surface area contributed by atoms with Crippen LogP contribution in [0.4, 0.5) is 0 Å². The quantitative estimate of drug-likeness (QED) is 0.614. The van der Waals surface area contributed by atoms with Gasteiger partial charge in [0.2, 0.25) is 5.91 Å². The molecule has 0 bridgehead atoms. The molecule has 3 atom stereocenters. The fraction of sp³-hybridized carbons (Fsp3) is 0.333. The molecular formula is C21H19NO3S. The molecule has 0 unspecified atom stereocenters. The third kappa shape index (κ3) is 2.04. The van der Waals surface area contributed by atoms with Gasteiger partial charge < -0.3 is 9.64 Å². The fourth-order valence-corrected chi connectivity index (χ4v) is 6.24. The highest BCUT2D eigenvalue weighted by Crippen LogP contribution is 2.72. The van der Waals surface area contributed by atoms with Crippen molar-refractivity contribution in [3.8, 4) is 0 Å². The molecule has 1 saturated carbocycles. The number of hydrogen-bond acceptors (Lipinski definition) is 4. The van der Waals surface area contributed by atoms with E-state index < -0.39 is 11.6 Å². The van der Waals surface area contributed by atoms with Crippen LogP contribution in [0.2, 0.25) is 0 Å². The summed E-state index contributed by atoms with van der Waals surface area (Å²) in [5, 5.41) is 0.140. The Balaban J connectivity index is 1.48. The number of hydrogen-bond donors (Lipinski definition) is 0. The van der Waals surface area contributed by atoms with E-state index in [1.54, 1.807) is 16.7 Å². The minimum Gasteiger partial charge on any atom is -0.451 e. The summed E-state index contributed by atoms with van der Waals surface area (Å²) in [6.45, 7) is 2.07. The van der Waals surface area contributed by atoms with Crippen LogP contribution in [-0.4, -0.2) is 32.4 Å². The highest BCUT2D eigenvalue weighted by molar-refractivity contribution is 8.02. The zero-order valence-corrected chi connectivity index (χ0v) is 15.2. The second-order valence-corrected chi connectivity index (χ2v) is 9.10. The Morgan fingerprint density at radius 3 is 2.23 bits per heavy atom. The van der Waals surface area contributed by atoms with Crippen LogP contribution in [-0.2, 0) is 14.3 Å². The van der Waals surface area contributed by atoms with E-state index >= 15 is 0 Å². The molecular weight excluding hydrogens is 346 g/mol. The summed E-state index contributed by atoms with van der Waals surface area (Å²) >= 11 is 1.75. The maximum absolute atomic E-state index is 13.3. The Kier molecular flexibility index (Phi) is 3.29. The summed E-state index contributed by atoms with van der Waals surface area (Å²) in [5.41, 5.74) is 1.09. The summed E-state index contributed by atoms with van der Waals surface area (Å²) in [4.78, 5) is 27.2. The number of nitrogens with zero attached hydrogens (tertiary/aromatic N) is 1. The van der Waals surface area contributed by atoms with E-state index in [2.05, 4.69) is 6.92 Å². The largest absolute Gasteiger partial charge is 0.451 e. The van der Waals surface area contributed by atoms with Gasteiger partial charge >= 0.3 is 5.97 Å². The number of rotatable bonds is 4. The number of benzene rings is 2. The molecule has 0 spiro atoms. The molecule has 0 N–H and O–H groups in total. The number of fused-ring (bicyclic) bond motifs is 3. The molecule has 0 radical (unpaired) electrons. The van der Waals surface area contributed by atoms with Gasteiger partial charge in [-0.15, -0.1) is 11.8 Å². The van der Waals surface area contributed by atoms with Crippen molar-refractivity contribution < 1.29 is 14.3 Å². The minimum atomic E-state index is -0.778. The molecule has 3 aliphatic rings. The van der Waals surface area contributed by atoms with Crippen molar-refractivity contribution in [2.45, 2.75) is 41.5 Å². The molecule has 2 heterocycles. The zero-order valence-electron chi connectivity index (χ0n) is 14.4. The molecule has 3 fully saturated rings. The lowest BCUT2D eigenvalue weighted by atomic mass is 10.0. The molecule has 2 aliphatic heterocycles. The molecule has 1 aliphatic carbocycles. The molecule has 0 aromatic heterocycles. The van der Waals surface area contributed by atoms with E-state index in [1.807, 2.05) is 60.7 Å². The minimum absolute atomic E-state index is 0.0663. The lowest BCUT2D eigenvalue weighted by Gasteiger charge is -2.40. The SMILES string of the molecule is C[C@]12C[C@@]1(C(=O)OC(c1ccccc1)c1ccccc1)N1C(=O)C[C@H]1S2. The number of carbonyl (C=O) groups excluding carboxylic acids is 2. The summed E-state index contributed by atoms with van der Waals surface area (Å²) in [7, 11) is 0. The van der Waals surface area contributed by atoms with Crippen molar-refractivity contribution in [2.75, 3.05) is 0 Å². The average molecular weight is 365 g/mol. The number of β-lactam (4-membered cyclic amide) rings is 1. The standard InChI is InChI=1S/C21H19NO3S/c1-20-13-21(20,22-16(23)12-17(22)26-20)19(24)25-18(14-8-4-2-5-9-14)15-10-6-3-7-11-15/h2-11,17-18H,12-13H2,1H3/t17-,20+,21+/m1/s1. The van der Waals surface area contributed by atoms with Crippen molar-refractivity contribution in [1.82, 2.24) is 4.90 Å². The van der Waals surface area contributed by atoms with Gasteiger partial charge in [0.25, 0.3) is 0 Å². The number of esters is 1. The highest BCUT2D eigenvalue weighted by atomic mass is 32.2. The van der Waals surface area contributed by atoms with E-state index in [1.165, 1.54) is 0 Å². The maximum atomic E-state index is 13.3. The van der Waals surface area contributed by atoms with Crippen molar-refractivity contribution in [2.24, 2.45) is 0 Å². The average Bonchev–Trinajstić information content (AvgIpc) is 3.18. The predicted molar refractivity (Wildman–Crippen MR) is 99.4 cm³/mol. The molecule has 132 valence electrons. The summed E-state index contributed by atoms with van der Waals surface area (Å²) in [6.07, 6.45) is 0.752. The van der Waals surface area contributed by atoms with E-state index in [-0.39, 0.29) is 22.0 Å². The molecule has 5 heteroatoms. The first-order valence-electron chi connectivity index (χ1n) is 8.86. The Hall–Kier alpha value is -2.27. The van der Waals surface area contributed by atoms with Gasteiger partial charge in [-0.25, -0.2) is 4.79 Å². The monoisotopic (exact) mass is 365 g/mol. The van der Waals surface area contributed by atoms with E-state index in [0.717, 1.165) is 11.1 Å². The van der Waals surface area contributed by atoms with Gasteiger partial charge in [0, 0.05) is 6.42 Å². The highest BCUT2D eigenvalue weighted by Gasteiger charge is 2.83. The number of ether oxygens (including phenoxy) is 1.